The second-order valence-electron chi connectivity index (χ2n) is 8.43. The van der Waals surface area contributed by atoms with E-state index in [9.17, 15) is 9.90 Å². The van der Waals surface area contributed by atoms with Gasteiger partial charge >= 0.3 is 5.97 Å². The molecule has 0 saturated carbocycles. The fraction of sp³-hybridized carbons (Fsp3) is 0.346. The van der Waals surface area contributed by atoms with Gasteiger partial charge in [0, 0.05) is 36.1 Å². The van der Waals surface area contributed by atoms with Crippen LogP contribution in [0.2, 0.25) is 0 Å². The van der Waals surface area contributed by atoms with Crippen molar-refractivity contribution in [2.45, 2.75) is 59.2 Å². The number of carboxylic acid groups (broad SMARTS) is 1. The molecule has 2 N–H and O–H groups in total. The fourth-order valence-corrected chi connectivity index (χ4v) is 4.87. The molecule has 0 radical (unpaired) electrons. The predicted molar refractivity (Wildman–Crippen MR) is 120 cm³/mol. The lowest BCUT2D eigenvalue weighted by Gasteiger charge is -2.26. The van der Waals surface area contributed by atoms with Crippen LogP contribution in [-0.2, 0) is 19.5 Å². The van der Waals surface area contributed by atoms with Crippen LogP contribution in [0.4, 0.5) is 0 Å². The number of aromatic carboxylic acids is 1. The summed E-state index contributed by atoms with van der Waals surface area (Å²) in [6.07, 6.45) is 3.37. The Labute approximate surface area is 178 Å². The number of nitrogens with one attached hydrogen (secondary N) is 1. The van der Waals surface area contributed by atoms with Gasteiger partial charge < -0.3 is 15.0 Å². The molecule has 0 saturated heterocycles. The lowest BCUT2D eigenvalue weighted by atomic mass is 9.87. The Hall–Kier alpha value is -2.85. The summed E-state index contributed by atoms with van der Waals surface area (Å²) in [7, 11) is 0. The van der Waals surface area contributed by atoms with E-state index in [2.05, 4.69) is 65.3 Å². The van der Waals surface area contributed by atoms with Crippen LogP contribution < -0.4 is 5.32 Å². The van der Waals surface area contributed by atoms with Crippen LogP contribution in [0, 0.1) is 20.8 Å². The number of fused-ring (bicyclic) bond motifs is 1. The van der Waals surface area contributed by atoms with Gasteiger partial charge in [0.2, 0.25) is 0 Å². The molecule has 1 aliphatic carbocycles. The molecule has 4 heteroatoms. The molecule has 0 spiro atoms. The van der Waals surface area contributed by atoms with E-state index in [-0.39, 0.29) is 6.04 Å². The summed E-state index contributed by atoms with van der Waals surface area (Å²) in [4.78, 5) is 12.1. The number of nitrogens with zero attached hydrogens (tertiary/aromatic N) is 1. The quantitative estimate of drug-likeness (QED) is 0.586. The molecule has 0 unspecified atom stereocenters. The average Bonchev–Trinajstić information content (AvgIpc) is 2.96. The van der Waals surface area contributed by atoms with E-state index in [4.69, 9.17) is 0 Å². The zero-order chi connectivity index (χ0) is 21.3. The summed E-state index contributed by atoms with van der Waals surface area (Å²) in [5.41, 5.74) is 8.36. The van der Waals surface area contributed by atoms with Crippen LogP contribution in [0.25, 0.3) is 0 Å². The first kappa shape index (κ1) is 20.4. The summed E-state index contributed by atoms with van der Waals surface area (Å²) in [5.74, 6) is -0.848. The van der Waals surface area contributed by atoms with Crippen LogP contribution in [-0.4, -0.2) is 15.6 Å². The molecule has 4 rings (SSSR count). The largest absolute Gasteiger partial charge is 0.478 e. The molecule has 1 heterocycles. The highest BCUT2D eigenvalue weighted by Gasteiger charge is 2.25. The Morgan fingerprint density at radius 1 is 1.10 bits per heavy atom. The third kappa shape index (κ3) is 3.92. The van der Waals surface area contributed by atoms with Crippen LogP contribution in [0.1, 0.15) is 68.4 Å². The molecule has 30 heavy (non-hydrogen) atoms. The molecular weight excluding hydrogens is 372 g/mol. The fourth-order valence-electron chi connectivity index (χ4n) is 4.87. The minimum atomic E-state index is -0.848. The lowest BCUT2D eigenvalue weighted by molar-refractivity contribution is 0.0694. The average molecular weight is 403 g/mol. The van der Waals surface area contributed by atoms with Gasteiger partial charge in [0.25, 0.3) is 0 Å². The summed E-state index contributed by atoms with van der Waals surface area (Å²) in [6, 6.07) is 17.3. The highest BCUT2D eigenvalue weighted by molar-refractivity contribution is 5.91. The van der Waals surface area contributed by atoms with Crippen molar-refractivity contribution in [3.05, 3.63) is 93.3 Å². The number of aromatic nitrogens is 1. The molecule has 1 aliphatic rings. The van der Waals surface area contributed by atoms with Crippen molar-refractivity contribution in [3.63, 3.8) is 0 Å². The molecule has 1 aromatic heterocycles. The van der Waals surface area contributed by atoms with Crippen LogP contribution >= 0.6 is 0 Å². The van der Waals surface area contributed by atoms with Crippen molar-refractivity contribution in [1.29, 1.82) is 0 Å². The van der Waals surface area contributed by atoms with Crippen molar-refractivity contribution in [3.8, 4) is 0 Å². The topological polar surface area (TPSA) is 54.3 Å². The summed E-state index contributed by atoms with van der Waals surface area (Å²) in [6.45, 7) is 7.30. The lowest BCUT2D eigenvalue weighted by Crippen LogP contribution is -2.25. The first-order chi connectivity index (χ1) is 14.5. The number of hydrogen-bond acceptors (Lipinski definition) is 2. The van der Waals surface area contributed by atoms with Gasteiger partial charge in [-0.2, -0.15) is 0 Å². The summed E-state index contributed by atoms with van der Waals surface area (Å²) < 4.78 is 2.14. The molecule has 0 amide bonds. The molecule has 0 bridgehead atoms. The molecule has 3 aromatic rings. The second-order valence-corrected chi connectivity index (χ2v) is 8.43. The van der Waals surface area contributed by atoms with Crippen LogP contribution in [0.3, 0.4) is 0 Å². The van der Waals surface area contributed by atoms with Crippen molar-refractivity contribution in [1.82, 2.24) is 9.88 Å². The number of rotatable bonds is 6. The van der Waals surface area contributed by atoms with Gasteiger partial charge in [-0.05, 0) is 56.7 Å². The van der Waals surface area contributed by atoms with E-state index in [0.29, 0.717) is 18.7 Å². The zero-order valence-corrected chi connectivity index (χ0v) is 18.0. The van der Waals surface area contributed by atoms with Gasteiger partial charge in [-0.25, -0.2) is 4.79 Å². The maximum absolute atomic E-state index is 12.1. The smallest absolute Gasteiger partial charge is 0.337 e. The van der Waals surface area contributed by atoms with Gasteiger partial charge in [-0.3, -0.25) is 0 Å². The monoisotopic (exact) mass is 402 g/mol. The van der Waals surface area contributed by atoms with E-state index in [1.54, 1.807) is 0 Å². The maximum atomic E-state index is 12.1. The number of carboxylic acids is 1. The van der Waals surface area contributed by atoms with E-state index in [0.717, 1.165) is 36.2 Å². The van der Waals surface area contributed by atoms with Crippen molar-refractivity contribution in [2.24, 2.45) is 0 Å². The van der Waals surface area contributed by atoms with E-state index in [1.807, 2.05) is 13.8 Å². The predicted octanol–water partition coefficient (Wildman–Crippen LogP) is 5.33. The zero-order valence-electron chi connectivity index (χ0n) is 18.0. The van der Waals surface area contributed by atoms with Gasteiger partial charge in [0.15, 0.2) is 0 Å². The van der Waals surface area contributed by atoms with Crippen molar-refractivity contribution < 1.29 is 9.90 Å². The van der Waals surface area contributed by atoms with Crippen molar-refractivity contribution >= 4 is 5.97 Å². The number of aryl methyl sites for hydroxylation is 2. The second kappa shape index (κ2) is 8.49. The Kier molecular flexibility index (Phi) is 5.78. The molecule has 4 nitrogen and oxygen atoms in total. The van der Waals surface area contributed by atoms with Crippen LogP contribution in [0.5, 0.6) is 0 Å². The molecule has 2 aromatic carbocycles. The Morgan fingerprint density at radius 2 is 1.90 bits per heavy atom. The normalized spacial score (nSPS) is 15.8. The number of carbonyl (C=O) groups is 1. The van der Waals surface area contributed by atoms with Gasteiger partial charge in [0.1, 0.15) is 0 Å². The summed E-state index contributed by atoms with van der Waals surface area (Å²) >= 11 is 0. The third-order valence-electron chi connectivity index (χ3n) is 6.44. The highest BCUT2D eigenvalue weighted by Crippen LogP contribution is 2.31. The Bertz CT molecular complexity index is 1080. The third-order valence-corrected chi connectivity index (χ3v) is 6.44. The maximum Gasteiger partial charge on any atom is 0.337 e. The SMILES string of the molecule is Cc1cccc(Cn2c(C)c(CN[C@@H]3CCCc4ccccc43)c(C(=O)O)c2C)c1. The molecule has 0 aliphatic heterocycles. The number of hydrogen-bond donors (Lipinski definition) is 2. The molecule has 156 valence electrons. The van der Waals surface area contributed by atoms with Gasteiger partial charge in [-0.1, -0.05) is 54.1 Å². The summed E-state index contributed by atoms with van der Waals surface area (Å²) in [5, 5.41) is 13.6. The molecular formula is C26H30N2O2. The minimum Gasteiger partial charge on any atom is -0.478 e. The number of benzene rings is 2. The van der Waals surface area contributed by atoms with Gasteiger partial charge in [0.05, 0.1) is 5.56 Å². The Balaban J connectivity index is 1.63. The highest BCUT2D eigenvalue weighted by atomic mass is 16.4. The van der Waals surface area contributed by atoms with E-state index in [1.165, 1.54) is 22.3 Å². The van der Waals surface area contributed by atoms with E-state index >= 15 is 0 Å². The standard InChI is InChI=1S/C26H30N2O2/c1-17-8-6-9-20(14-17)16-28-18(2)23(25(19(28)3)26(29)30)15-27-24-13-7-11-21-10-4-5-12-22(21)24/h4-6,8-10,12,14,24,27H,7,11,13,15-16H2,1-3H3,(H,29,30)/t24-/m1/s1. The molecule has 1 atom stereocenters. The first-order valence-corrected chi connectivity index (χ1v) is 10.7. The van der Waals surface area contributed by atoms with Crippen molar-refractivity contribution in [2.75, 3.05) is 0 Å². The van der Waals surface area contributed by atoms with Gasteiger partial charge in [-0.15, -0.1) is 0 Å². The van der Waals surface area contributed by atoms with Crippen LogP contribution in [0.15, 0.2) is 48.5 Å². The van der Waals surface area contributed by atoms with E-state index < -0.39 is 5.97 Å². The molecule has 0 fully saturated rings. The Morgan fingerprint density at radius 3 is 2.67 bits per heavy atom. The first-order valence-electron chi connectivity index (χ1n) is 10.7. The minimum absolute atomic E-state index is 0.274.